The minimum Gasteiger partial charge on any atom is -0.398 e. The summed E-state index contributed by atoms with van der Waals surface area (Å²) in [6, 6.07) is 5.12. The number of nitrogen functional groups attached to an aromatic ring is 1. The van der Waals surface area contributed by atoms with Crippen LogP contribution in [0.5, 0.6) is 0 Å². The molecule has 0 aromatic heterocycles. The largest absolute Gasteiger partial charge is 0.398 e. The summed E-state index contributed by atoms with van der Waals surface area (Å²) in [5.41, 5.74) is 6.51. The minimum atomic E-state index is -0.193. The van der Waals surface area contributed by atoms with E-state index in [0.717, 1.165) is 19.3 Å². The molecule has 0 spiro atoms. The molecule has 1 fully saturated rings. The summed E-state index contributed by atoms with van der Waals surface area (Å²) in [6.07, 6.45) is 3.07. The van der Waals surface area contributed by atoms with Crippen LogP contribution in [0.2, 0.25) is 5.02 Å². The van der Waals surface area contributed by atoms with Crippen molar-refractivity contribution >= 4 is 23.2 Å². The first kappa shape index (κ1) is 13.2. The van der Waals surface area contributed by atoms with E-state index >= 15 is 0 Å². The maximum Gasteiger partial charge on any atom is 0.253 e. The van der Waals surface area contributed by atoms with Gasteiger partial charge in [-0.3, -0.25) is 4.79 Å². The summed E-state index contributed by atoms with van der Waals surface area (Å²) in [5, 5.41) is 3.27. The van der Waals surface area contributed by atoms with Crippen LogP contribution in [-0.4, -0.2) is 25.2 Å². The van der Waals surface area contributed by atoms with Gasteiger partial charge < -0.3 is 15.8 Å². The number of hydrogen-bond donors (Lipinski definition) is 2. The Morgan fingerprint density at radius 2 is 2.28 bits per heavy atom. The molecule has 2 rings (SSSR count). The van der Waals surface area contributed by atoms with Gasteiger partial charge in [0, 0.05) is 7.11 Å². The molecule has 1 aliphatic rings. The van der Waals surface area contributed by atoms with Crippen LogP contribution in [0, 0.1) is 0 Å². The van der Waals surface area contributed by atoms with E-state index in [4.69, 9.17) is 22.1 Å². The van der Waals surface area contributed by atoms with E-state index < -0.39 is 0 Å². The Kier molecular flexibility index (Phi) is 4.09. The van der Waals surface area contributed by atoms with Crippen molar-refractivity contribution in [3.63, 3.8) is 0 Å². The van der Waals surface area contributed by atoms with Gasteiger partial charge in [-0.25, -0.2) is 0 Å². The molecule has 98 valence electrons. The van der Waals surface area contributed by atoms with Crippen molar-refractivity contribution in [1.82, 2.24) is 5.32 Å². The van der Waals surface area contributed by atoms with E-state index in [1.54, 1.807) is 25.3 Å². The lowest BCUT2D eigenvalue weighted by atomic mass is 10.1. The number of ether oxygens (including phenoxy) is 1. The van der Waals surface area contributed by atoms with E-state index in [-0.39, 0.29) is 18.1 Å². The van der Waals surface area contributed by atoms with Gasteiger partial charge in [0.15, 0.2) is 0 Å². The number of hydrogen-bond acceptors (Lipinski definition) is 3. The second kappa shape index (κ2) is 5.59. The SMILES string of the molecule is COC1CCCC1NC(=O)c1cccc(N)c1Cl. The molecule has 3 N–H and O–H groups in total. The Balaban J connectivity index is 2.10. The van der Waals surface area contributed by atoms with Crippen molar-refractivity contribution in [2.24, 2.45) is 0 Å². The van der Waals surface area contributed by atoms with Gasteiger partial charge in [-0.1, -0.05) is 17.7 Å². The van der Waals surface area contributed by atoms with Crippen molar-refractivity contribution in [3.8, 4) is 0 Å². The summed E-state index contributed by atoms with van der Waals surface area (Å²) in [5.74, 6) is -0.193. The lowest BCUT2D eigenvalue weighted by Crippen LogP contribution is -2.40. The zero-order chi connectivity index (χ0) is 13.1. The van der Waals surface area contributed by atoms with E-state index in [9.17, 15) is 4.79 Å². The zero-order valence-corrected chi connectivity index (χ0v) is 11.0. The predicted molar refractivity (Wildman–Crippen MR) is 71.8 cm³/mol. The third-order valence-electron chi connectivity index (χ3n) is 3.35. The van der Waals surface area contributed by atoms with E-state index in [2.05, 4.69) is 5.32 Å². The standard InChI is InChI=1S/C13H17ClN2O2/c1-18-11-7-3-6-10(11)16-13(17)8-4-2-5-9(15)12(8)14/h2,4-5,10-11H,3,6-7,15H2,1H3,(H,16,17). The number of carbonyl (C=O) groups is 1. The normalized spacial score (nSPS) is 23.0. The summed E-state index contributed by atoms with van der Waals surface area (Å²) in [7, 11) is 1.67. The molecular weight excluding hydrogens is 252 g/mol. The molecule has 0 saturated heterocycles. The molecule has 18 heavy (non-hydrogen) atoms. The van der Waals surface area contributed by atoms with Crippen molar-refractivity contribution in [1.29, 1.82) is 0 Å². The van der Waals surface area contributed by atoms with Gasteiger partial charge in [0.05, 0.1) is 28.4 Å². The average molecular weight is 269 g/mol. The highest BCUT2D eigenvalue weighted by atomic mass is 35.5. The van der Waals surface area contributed by atoms with Crippen LogP contribution in [0.4, 0.5) is 5.69 Å². The number of amides is 1. The van der Waals surface area contributed by atoms with Crippen LogP contribution in [0.3, 0.4) is 0 Å². The molecule has 4 nitrogen and oxygen atoms in total. The van der Waals surface area contributed by atoms with E-state index in [0.29, 0.717) is 16.3 Å². The number of nitrogens with two attached hydrogens (primary N) is 1. The second-order valence-corrected chi connectivity index (χ2v) is 4.87. The third-order valence-corrected chi connectivity index (χ3v) is 3.77. The Hall–Kier alpha value is -1.26. The van der Waals surface area contributed by atoms with Gasteiger partial charge in [-0.05, 0) is 31.4 Å². The maximum atomic E-state index is 12.1. The first-order chi connectivity index (χ1) is 8.63. The number of rotatable bonds is 3. The Morgan fingerprint density at radius 3 is 3.00 bits per heavy atom. The number of methoxy groups -OCH3 is 1. The summed E-state index contributed by atoms with van der Waals surface area (Å²) < 4.78 is 5.34. The van der Waals surface area contributed by atoms with Gasteiger partial charge in [-0.2, -0.15) is 0 Å². The van der Waals surface area contributed by atoms with Gasteiger partial charge in [0.1, 0.15) is 0 Å². The van der Waals surface area contributed by atoms with Crippen molar-refractivity contribution in [2.75, 3.05) is 12.8 Å². The van der Waals surface area contributed by atoms with Crippen LogP contribution in [0.1, 0.15) is 29.6 Å². The lowest BCUT2D eigenvalue weighted by molar-refractivity contribution is 0.0722. The van der Waals surface area contributed by atoms with E-state index in [1.807, 2.05) is 0 Å². The number of halogens is 1. The maximum absolute atomic E-state index is 12.1. The molecule has 2 atom stereocenters. The zero-order valence-electron chi connectivity index (χ0n) is 10.3. The molecule has 1 aromatic rings. The Morgan fingerprint density at radius 1 is 1.50 bits per heavy atom. The molecule has 1 saturated carbocycles. The first-order valence-electron chi connectivity index (χ1n) is 6.01. The second-order valence-electron chi connectivity index (χ2n) is 4.49. The van der Waals surface area contributed by atoms with Crippen LogP contribution >= 0.6 is 11.6 Å². The molecule has 1 aromatic carbocycles. The lowest BCUT2D eigenvalue weighted by Gasteiger charge is -2.20. The topological polar surface area (TPSA) is 64.3 Å². The fourth-order valence-electron chi connectivity index (χ4n) is 2.34. The predicted octanol–water partition coefficient (Wildman–Crippen LogP) is 2.22. The number of benzene rings is 1. The highest BCUT2D eigenvalue weighted by Gasteiger charge is 2.29. The molecule has 0 aliphatic heterocycles. The highest BCUT2D eigenvalue weighted by molar-refractivity contribution is 6.36. The third kappa shape index (κ3) is 2.60. The summed E-state index contributed by atoms with van der Waals surface area (Å²) >= 11 is 6.03. The quantitative estimate of drug-likeness (QED) is 0.826. The van der Waals surface area contributed by atoms with Crippen molar-refractivity contribution in [3.05, 3.63) is 28.8 Å². The molecule has 1 amide bonds. The van der Waals surface area contributed by atoms with Crippen LogP contribution in [-0.2, 0) is 4.74 Å². The minimum absolute atomic E-state index is 0.0556. The number of anilines is 1. The van der Waals surface area contributed by atoms with Gasteiger partial charge >= 0.3 is 0 Å². The van der Waals surface area contributed by atoms with Crippen LogP contribution in [0.15, 0.2) is 18.2 Å². The van der Waals surface area contributed by atoms with Gasteiger partial charge in [-0.15, -0.1) is 0 Å². The molecular formula is C13H17ClN2O2. The Bertz CT molecular complexity index is 451. The van der Waals surface area contributed by atoms with Crippen LogP contribution in [0.25, 0.3) is 0 Å². The molecule has 1 aliphatic carbocycles. The smallest absolute Gasteiger partial charge is 0.253 e. The average Bonchev–Trinajstić information content (AvgIpc) is 2.79. The number of nitrogens with one attached hydrogen (secondary N) is 1. The first-order valence-corrected chi connectivity index (χ1v) is 6.39. The Labute approximate surface area is 111 Å². The van der Waals surface area contributed by atoms with Gasteiger partial charge in [0.2, 0.25) is 0 Å². The fraction of sp³-hybridized carbons (Fsp3) is 0.462. The molecule has 5 heteroatoms. The van der Waals surface area contributed by atoms with E-state index in [1.165, 1.54) is 0 Å². The molecule has 0 radical (unpaired) electrons. The van der Waals surface area contributed by atoms with Crippen molar-refractivity contribution < 1.29 is 9.53 Å². The fourth-order valence-corrected chi connectivity index (χ4v) is 2.56. The van der Waals surface area contributed by atoms with Crippen molar-refractivity contribution in [2.45, 2.75) is 31.4 Å². The monoisotopic (exact) mass is 268 g/mol. The molecule has 0 heterocycles. The molecule has 0 bridgehead atoms. The summed E-state index contributed by atoms with van der Waals surface area (Å²) in [6.45, 7) is 0. The highest BCUT2D eigenvalue weighted by Crippen LogP contribution is 2.25. The number of carbonyl (C=O) groups excluding carboxylic acids is 1. The van der Waals surface area contributed by atoms with Gasteiger partial charge in [0.25, 0.3) is 5.91 Å². The molecule has 2 unspecified atom stereocenters. The van der Waals surface area contributed by atoms with Crippen LogP contribution < -0.4 is 11.1 Å². The summed E-state index contributed by atoms with van der Waals surface area (Å²) in [4.78, 5) is 12.1.